The number of esters is 1. The number of ether oxygens (including phenoxy) is 2. The smallest absolute Gasteiger partial charge is 0.311 e. The Morgan fingerprint density at radius 2 is 1.29 bits per heavy atom. The van der Waals surface area contributed by atoms with Gasteiger partial charge in [-0.25, -0.2) is 4.39 Å². The first-order chi connectivity index (χ1) is 16.6. The van der Waals surface area contributed by atoms with Gasteiger partial charge in [-0.3, -0.25) is 4.79 Å². The highest BCUT2D eigenvalue weighted by Crippen LogP contribution is 2.31. The van der Waals surface area contributed by atoms with E-state index in [0.29, 0.717) is 24.3 Å². The van der Waals surface area contributed by atoms with Crippen LogP contribution in [0, 0.1) is 11.6 Å². The molecule has 0 aliphatic heterocycles. The molecular formula is C29H40F2O3. The van der Waals surface area contributed by atoms with Crippen molar-refractivity contribution in [1.82, 2.24) is 0 Å². The van der Waals surface area contributed by atoms with Crippen LogP contribution in [0.15, 0.2) is 36.4 Å². The van der Waals surface area contributed by atoms with E-state index in [-0.39, 0.29) is 17.3 Å². The second kappa shape index (κ2) is 16.2. The average Bonchev–Trinajstić information content (AvgIpc) is 2.84. The topological polar surface area (TPSA) is 35.5 Å². The van der Waals surface area contributed by atoms with Crippen molar-refractivity contribution in [3.05, 3.63) is 48.0 Å². The maximum atomic E-state index is 14.7. The number of halogens is 2. The van der Waals surface area contributed by atoms with E-state index < -0.39 is 11.6 Å². The van der Waals surface area contributed by atoms with Crippen LogP contribution in [0.5, 0.6) is 11.5 Å². The van der Waals surface area contributed by atoms with Gasteiger partial charge in [-0.2, -0.15) is 4.39 Å². The van der Waals surface area contributed by atoms with Gasteiger partial charge in [0, 0.05) is 12.0 Å². The Labute approximate surface area is 203 Å². The molecule has 2 aromatic rings. The van der Waals surface area contributed by atoms with Gasteiger partial charge in [0.25, 0.3) is 0 Å². The Morgan fingerprint density at radius 1 is 0.706 bits per heavy atom. The Morgan fingerprint density at radius 3 is 1.94 bits per heavy atom. The summed E-state index contributed by atoms with van der Waals surface area (Å²) in [7, 11) is 0. The monoisotopic (exact) mass is 474 g/mol. The molecule has 0 bridgehead atoms. The molecule has 3 nitrogen and oxygen atoms in total. The third-order valence-electron chi connectivity index (χ3n) is 5.93. The van der Waals surface area contributed by atoms with E-state index in [0.717, 1.165) is 38.5 Å². The molecule has 188 valence electrons. The number of benzene rings is 2. The van der Waals surface area contributed by atoms with Crippen molar-refractivity contribution in [3.8, 4) is 22.6 Å². The van der Waals surface area contributed by atoms with Crippen LogP contribution >= 0.6 is 0 Å². The van der Waals surface area contributed by atoms with Crippen molar-refractivity contribution in [2.24, 2.45) is 0 Å². The minimum Gasteiger partial charge on any atom is -0.490 e. The molecule has 0 saturated carbocycles. The molecule has 2 rings (SSSR count). The van der Waals surface area contributed by atoms with Gasteiger partial charge in [-0.05, 0) is 42.7 Å². The number of carbonyl (C=O) groups excluding carboxylic acids is 1. The molecule has 0 unspecified atom stereocenters. The number of unbranched alkanes of at least 4 members (excludes halogenated alkanes) is 10. The van der Waals surface area contributed by atoms with Crippen molar-refractivity contribution in [2.45, 2.75) is 97.3 Å². The summed E-state index contributed by atoms with van der Waals surface area (Å²) in [6.45, 7) is 4.72. The third kappa shape index (κ3) is 9.82. The molecule has 0 spiro atoms. The molecule has 0 aromatic heterocycles. The number of hydrogen-bond donors (Lipinski definition) is 0. The number of hydrogen-bond acceptors (Lipinski definition) is 3. The van der Waals surface area contributed by atoms with Crippen LogP contribution in [0.25, 0.3) is 11.1 Å². The highest BCUT2D eigenvalue weighted by atomic mass is 19.2. The molecule has 0 N–H and O–H groups in total. The lowest BCUT2D eigenvalue weighted by atomic mass is 10.0. The zero-order chi connectivity index (χ0) is 24.6. The van der Waals surface area contributed by atoms with Crippen LogP contribution in [0.1, 0.15) is 97.3 Å². The molecule has 5 heteroatoms. The molecule has 0 aliphatic rings. The fraction of sp³-hybridized carbons (Fsp3) is 0.552. The Kier molecular flexibility index (Phi) is 13.3. The van der Waals surface area contributed by atoms with Gasteiger partial charge in [0.05, 0.1) is 6.61 Å². The summed E-state index contributed by atoms with van der Waals surface area (Å²) < 4.78 is 40.0. The lowest BCUT2D eigenvalue weighted by Crippen LogP contribution is -2.07. The molecular weight excluding hydrogens is 434 g/mol. The molecule has 34 heavy (non-hydrogen) atoms. The van der Waals surface area contributed by atoms with Crippen LogP contribution in [-0.4, -0.2) is 12.6 Å². The van der Waals surface area contributed by atoms with Crippen molar-refractivity contribution in [3.63, 3.8) is 0 Å². The number of carbonyl (C=O) groups is 1. The van der Waals surface area contributed by atoms with Gasteiger partial charge in [-0.15, -0.1) is 0 Å². The van der Waals surface area contributed by atoms with E-state index in [2.05, 4.69) is 13.8 Å². The molecule has 0 aliphatic carbocycles. The standard InChI is InChI=1S/C29H40F2O3/c1-3-5-7-9-11-13-15-27(32)34-24-18-16-23(17-19-24)25-20-21-26(29(31)28(25)30)33-22-14-12-10-8-6-4-2/h16-21H,3-15,22H2,1-2H3. The predicted octanol–water partition coefficient (Wildman–Crippen LogP) is 9.03. The van der Waals surface area contributed by atoms with Crippen molar-refractivity contribution in [2.75, 3.05) is 6.61 Å². The highest BCUT2D eigenvalue weighted by Gasteiger charge is 2.16. The second-order valence-corrected chi connectivity index (χ2v) is 8.87. The molecule has 0 atom stereocenters. The first-order valence-electron chi connectivity index (χ1n) is 13.0. The number of rotatable bonds is 17. The summed E-state index contributed by atoms with van der Waals surface area (Å²) in [5, 5.41) is 0. The van der Waals surface area contributed by atoms with Crippen LogP contribution in [0.3, 0.4) is 0 Å². The molecule has 0 saturated heterocycles. The van der Waals surface area contributed by atoms with E-state index >= 15 is 0 Å². The summed E-state index contributed by atoms with van der Waals surface area (Å²) in [5.74, 6) is -1.84. The van der Waals surface area contributed by atoms with E-state index in [1.54, 1.807) is 24.3 Å². The van der Waals surface area contributed by atoms with Crippen LogP contribution < -0.4 is 9.47 Å². The van der Waals surface area contributed by atoms with E-state index in [4.69, 9.17) is 9.47 Å². The average molecular weight is 475 g/mol. The van der Waals surface area contributed by atoms with Gasteiger partial charge in [-0.1, -0.05) is 90.2 Å². The molecule has 0 heterocycles. The summed E-state index contributed by atoms with van der Waals surface area (Å²) in [4.78, 5) is 12.0. The van der Waals surface area contributed by atoms with Crippen LogP contribution in [-0.2, 0) is 4.79 Å². The summed E-state index contributed by atoms with van der Waals surface area (Å²) >= 11 is 0. The van der Waals surface area contributed by atoms with Gasteiger partial charge in [0.15, 0.2) is 11.6 Å². The van der Waals surface area contributed by atoms with E-state index in [1.807, 2.05) is 0 Å². The first kappa shape index (κ1) is 27.8. The highest BCUT2D eigenvalue weighted by molar-refractivity contribution is 5.73. The minimum absolute atomic E-state index is 0.0601. The quantitative estimate of drug-likeness (QED) is 0.130. The SMILES string of the molecule is CCCCCCCCOc1ccc(-c2ccc(OC(=O)CCCCCCCC)cc2)c(F)c1F. The van der Waals surface area contributed by atoms with Gasteiger partial charge in [0.2, 0.25) is 5.82 Å². The normalized spacial score (nSPS) is 10.9. The van der Waals surface area contributed by atoms with Crippen molar-refractivity contribution < 1.29 is 23.0 Å². The first-order valence-corrected chi connectivity index (χ1v) is 13.0. The van der Waals surface area contributed by atoms with Crippen LogP contribution in [0.4, 0.5) is 8.78 Å². The maximum Gasteiger partial charge on any atom is 0.311 e. The van der Waals surface area contributed by atoms with Gasteiger partial charge < -0.3 is 9.47 Å². The van der Waals surface area contributed by atoms with Crippen LogP contribution in [0.2, 0.25) is 0 Å². The zero-order valence-corrected chi connectivity index (χ0v) is 20.8. The predicted molar refractivity (Wildman–Crippen MR) is 134 cm³/mol. The lowest BCUT2D eigenvalue weighted by molar-refractivity contribution is -0.134. The van der Waals surface area contributed by atoms with Crippen molar-refractivity contribution in [1.29, 1.82) is 0 Å². The van der Waals surface area contributed by atoms with E-state index in [9.17, 15) is 13.6 Å². The second-order valence-electron chi connectivity index (χ2n) is 8.87. The molecule has 2 aromatic carbocycles. The fourth-order valence-corrected chi connectivity index (χ4v) is 3.87. The Hall–Kier alpha value is -2.43. The van der Waals surface area contributed by atoms with Crippen molar-refractivity contribution >= 4 is 5.97 Å². The summed E-state index contributed by atoms with van der Waals surface area (Å²) in [5.41, 5.74) is 0.656. The summed E-state index contributed by atoms with van der Waals surface area (Å²) in [6, 6.07) is 9.46. The van der Waals surface area contributed by atoms with Gasteiger partial charge in [0.1, 0.15) is 5.75 Å². The maximum absolute atomic E-state index is 14.7. The Bertz CT molecular complexity index is 849. The van der Waals surface area contributed by atoms with Gasteiger partial charge >= 0.3 is 5.97 Å². The molecule has 0 radical (unpaired) electrons. The molecule has 0 fully saturated rings. The lowest BCUT2D eigenvalue weighted by Gasteiger charge is -2.11. The largest absolute Gasteiger partial charge is 0.490 e. The fourth-order valence-electron chi connectivity index (χ4n) is 3.87. The third-order valence-corrected chi connectivity index (χ3v) is 5.93. The molecule has 0 amide bonds. The van der Waals surface area contributed by atoms with E-state index in [1.165, 1.54) is 50.7 Å². The Balaban J connectivity index is 1.83. The zero-order valence-electron chi connectivity index (χ0n) is 20.8. The minimum atomic E-state index is -0.974. The summed E-state index contributed by atoms with van der Waals surface area (Å²) in [6.07, 6.45) is 13.6.